The van der Waals surface area contributed by atoms with Crippen LogP contribution in [-0.4, -0.2) is 18.3 Å². The third kappa shape index (κ3) is 8.98. The Morgan fingerprint density at radius 1 is 0.333 bits per heavy atom. The van der Waals surface area contributed by atoms with Crippen LogP contribution in [0, 0.1) is 3.57 Å². The number of aryl methyl sites for hydroxylation is 8. The van der Waals surface area contributed by atoms with E-state index in [0.29, 0.717) is 0 Å². The molecule has 0 radical (unpaired) electrons. The minimum absolute atomic E-state index is 0.333. The maximum atomic E-state index is 6.53. The molecule has 1 heterocycles. The van der Waals surface area contributed by atoms with Crippen LogP contribution in [0.5, 0.6) is 0 Å². The van der Waals surface area contributed by atoms with E-state index in [4.69, 9.17) is 9.31 Å². The predicted molar refractivity (Wildman–Crippen MR) is 368 cm³/mol. The van der Waals surface area contributed by atoms with Crippen molar-refractivity contribution in [3.63, 3.8) is 0 Å². The molecule has 8 heteroatoms. The van der Waals surface area contributed by atoms with Crippen LogP contribution in [-0.2, 0) is 71.5 Å². The average molecular weight is 1460 g/mol. The SMILES string of the molecule is Brc1cc(Br)cc(-c2ccc3c(c2)C(c2ccc4c(c2)CC4)(c2ccc4c(c2)CC4)c2ccccc2-3)c1.Brc1cc(Br)cc(I)c1.CC1(C)OB(c2ccc3c(c2)C(c2ccc4c(c2)CC4)(c2ccc4c(c2)CC4)c2ccccc2-3)OC1(C)C. The molecule has 10 aromatic rings. The lowest BCUT2D eigenvalue weighted by atomic mass is 9.64. The fraction of sp³-hybridized carbons (Fsp3) is 0.211. The highest BCUT2D eigenvalue weighted by Gasteiger charge is 2.54. The van der Waals surface area contributed by atoms with Gasteiger partial charge >= 0.3 is 7.12 Å². The van der Waals surface area contributed by atoms with Gasteiger partial charge in [-0.2, -0.15) is 0 Å². The van der Waals surface area contributed by atoms with Gasteiger partial charge < -0.3 is 9.31 Å². The van der Waals surface area contributed by atoms with Crippen LogP contribution in [0.4, 0.5) is 0 Å². The van der Waals surface area contributed by atoms with Crippen LogP contribution in [0.2, 0.25) is 0 Å². The van der Waals surface area contributed by atoms with E-state index in [1.54, 1.807) is 0 Å². The zero-order valence-corrected chi connectivity index (χ0v) is 55.9. The summed E-state index contributed by atoms with van der Waals surface area (Å²) in [5, 5.41) is 0. The van der Waals surface area contributed by atoms with Gasteiger partial charge in [0.25, 0.3) is 0 Å². The van der Waals surface area contributed by atoms with Crippen molar-refractivity contribution in [2.45, 2.75) is 101 Å². The molecular weight excluding hydrogens is 1400 g/mol. The molecule has 10 aromatic carbocycles. The molecule has 0 spiro atoms. The molecule has 0 saturated carbocycles. The lowest BCUT2D eigenvalue weighted by Crippen LogP contribution is -2.41. The van der Waals surface area contributed by atoms with Crippen molar-refractivity contribution < 1.29 is 9.31 Å². The second-order valence-electron chi connectivity index (χ2n) is 24.9. The molecule has 0 N–H and O–H groups in total. The normalized spacial score (nSPS) is 17.2. The fourth-order valence-corrected chi connectivity index (χ4v) is 18.5. The summed E-state index contributed by atoms with van der Waals surface area (Å²) < 4.78 is 18.7. The van der Waals surface area contributed by atoms with E-state index in [9.17, 15) is 0 Å². The van der Waals surface area contributed by atoms with Gasteiger partial charge in [-0.3, -0.25) is 0 Å². The summed E-state index contributed by atoms with van der Waals surface area (Å²) >= 11 is 16.4. The monoisotopic (exact) mass is 1460 g/mol. The molecule has 17 rings (SSSR count). The highest BCUT2D eigenvalue weighted by atomic mass is 127. The first-order chi connectivity index (χ1) is 40.6. The molecule has 1 saturated heterocycles. The van der Waals surface area contributed by atoms with Gasteiger partial charge in [0.05, 0.1) is 22.0 Å². The van der Waals surface area contributed by atoms with Crippen molar-refractivity contribution in [2.24, 2.45) is 0 Å². The lowest BCUT2D eigenvalue weighted by molar-refractivity contribution is 0.00578. The Kier molecular flexibility index (Phi) is 13.9. The van der Waals surface area contributed by atoms with Crippen molar-refractivity contribution in [3.05, 3.63) is 305 Å². The minimum Gasteiger partial charge on any atom is -0.399 e. The largest absolute Gasteiger partial charge is 0.494 e. The van der Waals surface area contributed by atoms with Crippen molar-refractivity contribution in [3.8, 4) is 33.4 Å². The number of halogens is 5. The minimum atomic E-state index is -0.389. The summed E-state index contributed by atoms with van der Waals surface area (Å²) in [4.78, 5) is 0. The predicted octanol–water partition coefficient (Wildman–Crippen LogP) is 19.8. The number of fused-ring (bicyclic) bond motifs is 10. The quantitative estimate of drug-likeness (QED) is 0.122. The first-order valence-electron chi connectivity index (χ1n) is 29.5. The van der Waals surface area contributed by atoms with E-state index >= 15 is 0 Å². The molecule has 84 heavy (non-hydrogen) atoms. The Hall–Kier alpha value is -5.17. The molecule has 1 aliphatic heterocycles. The van der Waals surface area contributed by atoms with E-state index in [-0.39, 0.29) is 29.2 Å². The van der Waals surface area contributed by atoms with Gasteiger partial charge in [-0.05, 0) is 272 Å². The second-order valence-corrected chi connectivity index (χ2v) is 29.8. The molecule has 414 valence electrons. The van der Waals surface area contributed by atoms with Gasteiger partial charge in [0.15, 0.2) is 0 Å². The zero-order chi connectivity index (χ0) is 57.4. The maximum absolute atomic E-state index is 6.53. The van der Waals surface area contributed by atoms with E-state index < -0.39 is 0 Å². The van der Waals surface area contributed by atoms with Crippen LogP contribution >= 0.6 is 86.3 Å². The molecule has 7 aliphatic rings. The van der Waals surface area contributed by atoms with Gasteiger partial charge in [-0.1, -0.05) is 215 Å². The molecule has 6 aliphatic carbocycles. The Morgan fingerprint density at radius 3 is 1.07 bits per heavy atom. The first kappa shape index (κ1) is 55.4. The van der Waals surface area contributed by atoms with Crippen molar-refractivity contribution in [1.82, 2.24) is 0 Å². The van der Waals surface area contributed by atoms with E-state index in [1.807, 2.05) is 6.07 Å². The highest BCUT2D eigenvalue weighted by molar-refractivity contribution is 14.1. The number of rotatable bonds is 6. The Morgan fingerprint density at radius 2 is 0.690 bits per heavy atom. The van der Waals surface area contributed by atoms with Crippen LogP contribution < -0.4 is 5.46 Å². The first-order valence-corrected chi connectivity index (χ1v) is 33.7. The van der Waals surface area contributed by atoms with Crippen molar-refractivity contribution in [2.75, 3.05) is 0 Å². The Labute approximate surface area is 542 Å². The van der Waals surface area contributed by atoms with Crippen LogP contribution in [0.15, 0.2) is 212 Å². The summed E-state index contributed by atoms with van der Waals surface area (Å²) in [5.74, 6) is 0. The topological polar surface area (TPSA) is 18.5 Å². The molecule has 0 bridgehead atoms. The van der Waals surface area contributed by atoms with E-state index in [1.165, 1.54) is 177 Å². The smallest absolute Gasteiger partial charge is 0.399 e. The third-order valence-corrected chi connectivity index (χ3v) is 22.3. The van der Waals surface area contributed by atoms with Crippen LogP contribution in [0.3, 0.4) is 0 Å². The molecule has 1 fully saturated rings. The van der Waals surface area contributed by atoms with E-state index in [0.717, 1.165) is 23.4 Å². The molecule has 0 amide bonds. The summed E-state index contributed by atoms with van der Waals surface area (Å²) in [6.07, 6.45) is 9.51. The molecule has 0 aromatic heterocycles. The van der Waals surface area contributed by atoms with Crippen molar-refractivity contribution >= 4 is 98.9 Å². The number of hydrogen-bond donors (Lipinski definition) is 0. The maximum Gasteiger partial charge on any atom is 0.494 e. The second kappa shape index (κ2) is 21.0. The Bertz CT molecular complexity index is 4190. The van der Waals surface area contributed by atoms with Gasteiger partial charge in [0, 0.05) is 21.5 Å². The fourth-order valence-electron chi connectivity index (χ4n) is 14.4. The molecule has 2 nitrogen and oxygen atoms in total. The van der Waals surface area contributed by atoms with Crippen LogP contribution in [0.25, 0.3) is 33.4 Å². The van der Waals surface area contributed by atoms with Gasteiger partial charge in [-0.15, -0.1) is 0 Å². The summed E-state index contributed by atoms with van der Waals surface area (Å²) in [6, 6.07) is 73.9. The summed E-state index contributed by atoms with van der Waals surface area (Å²) in [7, 11) is -0.389. The van der Waals surface area contributed by atoms with Crippen LogP contribution in [0.1, 0.15) is 117 Å². The number of hydrogen-bond acceptors (Lipinski definition) is 2. The lowest BCUT2D eigenvalue weighted by Gasteiger charge is -2.37. The number of benzene rings is 10. The Balaban J connectivity index is 0.000000125. The third-order valence-electron chi connectivity index (χ3n) is 19.9. The average Bonchev–Trinajstić information content (AvgIpc) is 2.03. The van der Waals surface area contributed by atoms with Crippen molar-refractivity contribution in [1.29, 1.82) is 0 Å². The summed E-state index contributed by atoms with van der Waals surface area (Å²) in [6.45, 7) is 8.51. The molecule has 0 atom stereocenters. The molecular formula is C76H60BBr4IO2. The standard InChI is InChI=1S/C35H33BO2.C35H24Br2.C6H3Br2I/c1-33(2)34(3,4)38-36(37-33)28-17-18-30-29-7-5-6-8-31(29)35(32(30)21-28,26-15-13-22-9-11-24(22)19-26)27-16-14-23-10-12-25(23)20-27;36-29-17-26(18-30(37)20-29)25-11-14-32-31-3-1-2-4-33(31)35(34(32)19-25,27-12-9-21-5-7-23(21)15-27)28-13-10-22-6-8-24(22)16-28;7-4-1-5(8)3-6(9)2-4/h5-8,13-21H,9-12H2,1-4H3;1-4,9-20H,5-8H2;1-3H. The van der Waals surface area contributed by atoms with Gasteiger partial charge in [0.2, 0.25) is 0 Å². The van der Waals surface area contributed by atoms with Gasteiger partial charge in [-0.25, -0.2) is 0 Å². The molecule has 0 unspecified atom stereocenters. The summed E-state index contributed by atoms with van der Waals surface area (Å²) in [5.41, 5.74) is 30.5. The van der Waals surface area contributed by atoms with Gasteiger partial charge in [0.1, 0.15) is 0 Å². The highest BCUT2D eigenvalue weighted by Crippen LogP contribution is 2.59. The zero-order valence-electron chi connectivity index (χ0n) is 47.4. The van der Waals surface area contributed by atoms with E-state index in [2.05, 4.69) is 302 Å².